The van der Waals surface area contributed by atoms with Crippen LogP contribution in [0.5, 0.6) is 0 Å². The van der Waals surface area contributed by atoms with Gasteiger partial charge < -0.3 is 10.2 Å². The molecule has 2 aliphatic rings. The summed E-state index contributed by atoms with van der Waals surface area (Å²) in [4.78, 5) is 15.0. The van der Waals surface area contributed by atoms with Crippen LogP contribution < -0.4 is 5.32 Å². The Bertz CT molecular complexity index is 804. The first-order chi connectivity index (χ1) is 12.6. The van der Waals surface area contributed by atoms with E-state index in [1.807, 2.05) is 34.0 Å². The van der Waals surface area contributed by atoms with Crippen molar-refractivity contribution in [2.24, 2.45) is 0 Å². The normalized spacial score (nSPS) is 22.5. The molecule has 146 valence electrons. The number of likely N-dealkylation sites (tertiary alicyclic amines) is 1. The highest BCUT2D eigenvalue weighted by molar-refractivity contribution is 6.42. The maximum atomic E-state index is 13.1. The zero-order valence-electron chi connectivity index (χ0n) is 14.9. The van der Waals surface area contributed by atoms with Gasteiger partial charge in [-0.2, -0.15) is 5.10 Å². The first-order valence-electron chi connectivity index (χ1n) is 9.15. The van der Waals surface area contributed by atoms with Crippen LogP contribution in [0.25, 0.3) is 0 Å². The van der Waals surface area contributed by atoms with Crippen LogP contribution in [0.3, 0.4) is 0 Å². The van der Waals surface area contributed by atoms with Crippen LogP contribution in [0.15, 0.2) is 30.5 Å². The van der Waals surface area contributed by atoms with E-state index in [1.165, 1.54) is 0 Å². The number of piperidine rings is 1. The number of nitrogens with zero attached hydrogens (tertiary/aromatic N) is 3. The van der Waals surface area contributed by atoms with Gasteiger partial charge in [0.05, 0.1) is 22.1 Å². The maximum absolute atomic E-state index is 13.1. The average Bonchev–Trinajstić information content (AvgIpc) is 3.34. The number of hydrogen-bond acceptors (Lipinski definition) is 3. The number of benzene rings is 1. The third-order valence-electron chi connectivity index (χ3n) is 5.31. The molecular formula is C19H23Cl3N4O. The molecule has 3 heterocycles. The second-order valence-corrected chi connectivity index (χ2v) is 7.83. The molecule has 1 aromatic carbocycles. The molecule has 0 aliphatic carbocycles. The van der Waals surface area contributed by atoms with E-state index in [4.69, 9.17) is 23.2 Å². The van der Waals surface area contributed by atoms with Gasteiger partial charge in [0.15, 0.2) is 0 Å². The Morgan fingerprint density at radius 1 is 1.15 bits per heavy atom. The third-order valence-corrected chi connectivity index (χ3v) is 6.05. The smallest absolute Gasteiger partial charge is 0.274 e. The van der Waals surface area contributed by atoms with Gasteiger partial charge in [-0.1, -0.05) is 29.3 Å². The van der Waals surface area contributed by atoms with Crippen LogP contribution in [0.2, 0.25) is 10.0 Å². The predicted octanol–water partition coefficient (Wildman–Crippen LogP) is 4.51. The minimum absolute atomic E-state index is 0. The van der Waals surface area contributed by atoms with Gasteiger partial charge in [-0.3, -0.25) is 9.48 Å². The van der Waals surface area contributed by atoms with Crippen LogP contribution in [0.1, 0.15) is 53.8 Å². The summed E-state index contributed by atoms with van der Waals surface area (Å²) in [5.74, 6) is -0.0129. The Morgan fingerprint density at radius 2 is 2.00 bits per heavy atom. The molecule has 0 spiro atoms. The highest BCUT2D eigenvalue weighted by Gasteiger charge is 2.32. The molecule has 0 saturated carbocycles. The zero-order chi connectivity index (χ0) is 18.1. The van der Waals surface area contributed by atoms with Crippen molar-refractivity contribution in [1.82, 2.24) is 20.0 Å². The van der Waals surface area contributed by atoms with Crippen LogP contribution in [0, 0.1) is 0 Å². The largest absolute Gasteiger partial charge is 0.330 e. The Kier molecular flexibility index (Phi) is 6.69. The quantitative estimate of drug-likeness (QED) is 0.781. The number of amides is 1. The standard InChI is InChI=1S/C19H22Cl2N4O.ClH/c20-15-6-5-13(11-16(15)21)18-4-2-9-24(18)19(26)17-7-10-25(23-17)14-3-1-8-22-12-14;/h5-7,10-11,14,18,22H,1-4,8-9,12H2;1H. The van der Waals surface area contributed by atoms with E-state index in [9.17, 15) is 4.79 Å². The van der Waals surface area contributed by atoms with Crippen molar-refractivity contribution in [2.45, 2.75) is 37.8 Å². The van der Waals surface area contributed by atoms with E-state index in [-0.39, 0.29) is 24.4 Å². The molecule has 1 aromatic heterocycles. The van der Waals surface area contributed by atoms with Crippen molar-refractivity contribution in [2.75, 3.05) is 19.6 Å². The summed E-state index contributed by atoms with van der Waals surface area (Å²) >= 11 is 12.2. The molecule has 4 rings (SSSR count). The van der Waals surface area contributed by atoms with Gasteiger partial charge in [-0.05, 0) is 56.0 Å². The fourth-order valence-corrected chi connectivity index (χ4v) is 4.24. The van der Waals surface area contributed by atoms with Crippen LogP contribution in [-0.2, 0) is 0 Å². The molecule has 5 nitrogen and oxygen atoms in total. The Hall–Kier alpha value is -1.27. The second-order valence-electron chi connectivity index (χ2n) is 7.01. The fourth-order valence-electron chi connectivity index (χ4n) is 3.94. The lowest BCUT2D eigenvalue weighted by Gasteiger charge is -2.25. The van der Waals surface area contributed by atoms with Gasteiger partial charge >= 0.3 is 0 Å². The monoisotopic (exact) mass is 428 g/mol. The molecule has 2 aromatic rings. The molecule has 8 heteroatoms. The summed E-state index contributed by atoms with van der Waals surface area (Å²) in [5, 5.41) is 9.02. The number of rotatable bonds is 3. The lowest BCUT2D eigenvalue weighted by Crippen LogP contribution is -2.33. The lowest BCUT2D eigenvalue weighted by molar-refractivity contribution is 0.0728. The van der Waals surface area contributed by atoms with Crippen LogP contribution in [0.4, 0.5) is 0 Å². The highest BCUT2D eigenvalue weighted by atomic mass is 35.5. The average molecular weight is 430 g/mol. The Labute approximate surface area is 175 Å². The number of hydrogen-bond donors (Lipinski definition) is 1. The van der Waals surface area contributed by atoms with E-state index in [2.05, 4.69) is 10.4 Å². The van der Waals surface area contributed by atoms with Gasteiger partial charge in [0.25, 0.3) is 5.91 Å². The van der Waals surface area contributed by atoms with Crippen molar-refractivity contribution >= 4 is 41.5 Å². The maximum Gasteiger partial charge on any atom is 0.274 e. The van der Waals surface area contributed by atoms with Crippen molar-refractivity contribution < 1.29 is 4.79 Å². The topological polar surface area (TPSA) is 50.2 Å². The molecule has 0 radical (unpaired) electrons. The molecule has 2 unspecified atom stereocenters. The van der Waals surface area contributed by atoms with Gasteiger partial charge in [-0.25, -0.2) is 0 Å². The minimum Gasteiger partial charge on any atom is -0.330 e. The summed E-state index contributed by atoms with van der Waals surface area (Å²) in [6.07, 6.45) is 6.06. The molecule has 27 heavy (non-hydrogen) atoms. The summed E-state index contributed by atoms with van der Waals surface area (Å²) < 4.78 is 1.93. The molecule has 0 bridgehead atoms. The molecule has 2 saturated heterocycles. The minimum atomic E-state index is -0.0129. The number of carbonyl (C=O) groups is 1. The molecule has 2 aliphatic heterocycles. The van der Waals surface area contributed by atoms with Crippen LogP contribution in [-0.4, -0.2) is 40.2 Å². The fraction of sp³-hybridized carbons (Fsp3) is 0.474. The van der Waals surface area contributed by atoms with Gasteiger partial charge in [-0.15, -0.1) is 12.4 Å². The van der Waals surface area contributed by atoms with Gasteiger partial charge in [0.1, 0.15) is 5.69 Å². The van der Waals surface area contributed by atoms with Crippen molar-refractivity contribution in [1.29, 1.82) is 0 Å². The number of aromatic nitrogens is 2. The zero-order valence-corrected chi connectivity index (χ0v) is 17.2. The lowest BCUT2D eigenvalue weighted by atomic mass is 10.0. The molecule has 2 atom stereocenters. The van der Waals surface area contributed by atoms with Crippen molar-refractivity contribution in [3.05, 3.63) is 51.8 Å². The molecular weight excluding hydrogens is 407 g/mol. The van der Waals surface area contributed by atoms with Crippen molar-refractivity contribution in [3.8, 4) is 0 Å². The first-order valence-corrected chi connectivity index (χ1v) is 9.91. The van der Waals surface area contributed by atoms with Crippen LogP contribution >= 0.6 is 35.6 Å². The molecule has 1 amide bonds. The first kappa shape index (κ1) is 20.5. The van der Waals surface area contributed by atoms with E-state index in [0.29, 0.717) is 21.8 Å². The van der Waals surface area contributed by atoms with E-state index in [1.54, 1.807) is 6.07 Å². The summed E-state index contributed by atoms with van der Waals surface area (Å²) in [5.41, 5.74) is 1.55. The van der Waals surface area contributed by atoms with Gasteiger partial charge in [0.2, 0.25) is 0 Å². The summed E-state index contributed by atoms with van der Waals surface area (Å²) in [7, 11) is 0. The summed E-state index contributed by atoms with van der Waals surface area (Å²) in [6, 6.07) is 7.81. The van der Waals surface area contributed by atoms with Gasteiger partial charge in [0, 0.05) is 19.3 Å². The third kappa shape index (κ3) is 4.27. The molecule has 1 N–H and O–H groups in total. The number of nitrogens with one attached hydrogen (secondary N) is 1. The predicted molar refractivity (Wildman–Crippen MR) is 110 cm³/mol. The van der Waals surface area contributed by atoms with E-state index < -0.39 is 0 Å². The summed E-state index contributed by atoms with van der Waals surface area (Å²) in [6.45, 7) is 2.70. The SMILES string of the molecule is Cl.O=C(c1ccn(C2CCCNC2)n1)N1CCCC1c1ccc(Cl)c(Cl)c1. The van der Waals surface area contributed by atoms with E-state index in [0.717, 1.165) is 50.9 Å². The number of halogens is 3. The highest BCUT2D eigenvalue weighted by Crippen LogP contribution is 2.35. The second kappa shape index (κ2) is 8.82. The molecule has 2 fully saturated rings. The Balaban J connectivity index is 0.00000210. The number of carbonyl (C=O) groups excluding carboxylic acids is 1. The van der Waals surface area contributed by atoms with E-state index >= 15 is 0 Å². The van der Waals surface area contributed by atoms with Crippen molar-refractivity contribution in [3.63, 3.8) is 0 Å². The Morgan fingerprint density at radius 3 is 2.74 bits per heavy atom.